The maximum atomic E-state index is 10.7. The van der Waals surface area contributed by atoms with Gasteiger partial charge in [-0.1, -0.05) is 6.07 Å². The molecule has 5 nitrogen and oxygen atoms in total. The van der Waals surface area contributed by atoms with Crippen molar-refractivity contribution in [2.45, 2.75) is 6.54 Å². The van der Waals surface area contributed by atoms with Crippen LogP contribution in [0, 0.1) is 10.1 Å². The molecule has 0 radical (unpaired) electrons. The minimum absolute atomic E-state index is 0.0960. The normalized spacial score (nSPS) is 10.8. The van der Waals surface area contributed by atoms with Crippen molar-refractivity contribution in [2.24, 2.45) is 5.73 Å². The van der Waals surface area contributed by atoms with Gasteiger partial charge in [0.05, 0.1) is 9.40 Å². The Morgan fingerprint density at radius 2 is 2.25 bits per heavy atom. The fourth-order valence-corrected chi connectivity index (χ4v) is 1.80. The summed E-state index contributed by atoms with van der Waals surface area (Å²) in [6, 6.07) is 5.14. The molecular formula is C10H14BrN3O2. The predicted octanol–water partition coefficient (Wildman–Crippen LogP) is 1.75. The third kappa shape index (κ3) is 3.55. The zero-order valence-electron chi connectivity index (χ0n) is 9.02. The summed E-state index contributed by atoms with van der Waals surface area (Å²) in [4.78, 5) is 12.4. The number of nitro groups is 1. The van der Waals surface area contributed by atoms with Gasteiger partial charge in [-0.3, -0.25) is 10.1 Å². The first-order chi connectivity index (χ1) is 7.54. The molecule has 0 aliphatic carbocycles. The lowest BCUT2D eigenvalue weighted by molar-refractivity contribution is -0.385. The van der Waals surface area contributed by atoms with Crippen LogP contribution in [0.4, 0.5) is 5.69 Å². The van der Waals surface area contributed by atoms with Gasteiger partial charge >= 0.3 is 0 Å². The number of halogens is 1. The lowest BCUT2D eigenvalue weighted by Crippen LogP contribution is -2.24. The van der Waals surface area contributed by atoms with Gasteiger partial charge in [0, 0.05) is 25.7 Å². The van der Waals surface area contributed by atoms with Crippen LogP contribution in [-0.4, -0.2) is 30.0 Å². The number of hydrogen-bond acceptors (Lipinski definition) is 4. The van der Waals surface area contributed by atoms with Crippen molar-refractivity contribution >= 4 is 21.6 Å². The average molecular weight is 288 g/mol. The van der Waals surface area contributed by atoms with E-state index < -0.39 is 4.92 Å². The van der Waals surface area contributed by atoms with E-state index in [0.717, 1.165) is 12.1 Å². The van der Waals surface area contributed by atoms with Crippen LogP contribution in [-0.2, 0) is 6.54 Å². The molecule has 0 fully saturated rings. The molecule has 1 rings (SSSR count). The Bertz CT molecular complexity index is 384. The van der Waals surface area contributed by atoms with E-state index >= 15 is 0 Å². The zero-order chi connectivity index (χ0) is 12.1. The molecule has 0 spiro atoms. The summed E-state index contributed by atoms with van der Waals surface area (Å²) in [6.07, 6.45) is 0. The summed E-state index contributed by atoms with van der Waals surface area (Å²) >= 11 is 3.15. The van der Waals surface area contributed by atoms with E-state index in [1.165, 1.54) is 0 Å². The molecule has 0 heterocycles. The molecule has 0 aromatic heterocycles. The van der Waals surface area contributed by atoms with E-state index in [9.17, 15) is 10.1 Å². The van der Waals surface area contributed by atoms with Gasteiger partial charge in [0.25, 0.3) is 5.69 Å². The highest BCUT2D eigenvalue weighted by Gasteiger charge is 2.12. The molecule has 0 bridgehead atoms. The minimum atomic E-state index is -0.392. The minimum Gasteiger partial charge on any atom is -0.329 e. The van der Waals surface area contributed by atoms with Crippen LogP contribution in [0.5, 0.6) is 0 Å². The standard InChI is InChI=1S/C10H14BrN3O2/c1-13(5-4-12)7-8-2-3-9(11)10(6-8)14(15)16/h2-3,6H,4-5,7,12H2,1H3. The highest BCUT2D eigenvalue weighted by Crippen LogP contribution is 2.25. The second-order valence-corrected chi connectivity index (χ2v) is 4.42. The Kier molecular flexibility index (Phi) is 4.85. The summed E-state index contributed by atoms with van der Waals surface area (Å²) in [5.41, 5.74) is 6.43. The smallest absolute Gasteiger partial charge is 0.283 e. The Hall–Kier alpha value is -0.980. The number of rotatable bonds is 5. The SMILES string of the molecule is CN(CCN)Cc1ccc(Br)c([N+](=O)[O-])c1. The molecule has 0 unspecified atom stereocenters. The first-order valence-electron chi connectivity index (χ1n) is 4.86. The molecule has 16 heavy (non-hydrogen) atoms. The number of hydrogen-bond donors (Lipinski definition) is 1. The zero-order valence-corrected chi connectivity index (χ0v) is 10.6. The number of nitrogens with two attached hydrogens (primary N) is 1. The average Bonchev–Trinajstić information content (AvgIpc) is 2.21. The number of nitro benzene ring substituents is 1. The molecule has 88 valence electrons. The lowest BCUT2D eigenvalue weighted by atomic mass is 10.2. The second-order valence-electron chi connectivity index (χ2n) is 3.57. The molecule has 0 aliphatic rings. The number of likely N-dealkylation sites (N-methyl/N-ethyl adjacent to an activating group) is 1. The summed E-state index contributed by atoms with van der Waals surface area (Å²) < 4.78 is 0.503. The van der Waals surface area contributed by atoms with Crippen molar-refractivity contribution in [1.29, 1.82) is 0 Å². The van der Waals surface area contributed by atoms with Gasteiger partial charge in [-0.05, 0) is 34.6 Å². The van der Waals surface area contributed by atoms with Crippen molar-refractivity contribution in [3.63, 3.8) is 0 Å². The number of benzene rings is 1. The summed E-state index contributed by atoms with van der Waals surface area (Å²) in [6.45, 7) is 2.00. The Balaban J connectivity index is 2.82. The van der Waals surface area contributed by atoms with Crippen LogP contribution in [0.25, 0.3) is 0 Å². The van der Waals surface area contributed by atoms with Crippen molar-refractivity contribution in [3.05, 3.63) is 38.3 Å². The van der Waals surface area contributed by atoms with Gasteiger partial charge in [-0.15, -0.1) is 0 Å². The summed E-state index contributed by atoms with van der Waals surface area (Å²) in [7, 11) is 1.93. The largest absolute Gasteiger partial charge is 0.329 e. The molecule has 1 aromatic carbocycles. The molecule has 0 saturated heterocycles. The van der Waals surface area contributed by atoms with Gasteiger partial charge in [0.2, 0.25) is 0 Å². The van der Waals surface area contributed by atoms with Crippen LogP contribution in [0.15, 0.2) is 22.7 Å². The van der Waals surface area contributed by atoms with Crippen LogP contribution >= 0.6 is 15.9 Å². The molecule has 6 heteroatoms. The van der Waals surface area contributed by atoms with Crippen LogP contribution in [0.2, 0.25) is 0 Å². The molecular weight excluding hydrogens is 274 g/mol. The van der Waals surface area contributed by atoms with E-state index in [1.807, 2.05) is 18.0 Å². The molecule has 0 atom stereocenters. The van der Waals surface area contributed by atoms with Crippen molar-refractivity contribution in [3.8, 4) is 0 Å². The van der Waals surface area contributed by atoms with Gasteiger partial charge in [0.15, 0.2) is 0 Å². The monoisotopic (exact) mass is 287 g/mol. The quantitative estimate of drug-likeness (QED) is 0.661. The maximum absolute atomic E-state index is 10.7. The Morgan fingerprint density at radius 1 is 1.56 bits per heavy atom. The van der Waals surface area contributed by atoms with Crippen LogP contribution in [0.3, 0.4) is 0 Å². The van der Waals surface area contributed by atoms with E-state index in [1.54, 1.807) is 12.1 Å². The van der Waals surface area contributed by atoms with Crippen molar-refractivity contribution < 1.29 is 4.92 Å². The Labute approximate surface area is 103 Å². The summed E-state index contributed by atoms with van der Waals surface area (Å²) in [5.74, 6) is 0. The molecule has 0 aliphatic heterocycles. The number of nitrogens with zero attached hydrogens (tertiary/aromatic N) is 2. The van der Waals surface area contributed by atoms with Gasteiger partial charge in [-0.25, -0.2) is 0 Å². The third-order valence-corrected chi connectivity index (χ3v) is 2.84. The lowest BCUT2D eigenvalue weighted by Gasteiger charge is -2.15. The maximum Gasteiger partial charge on any atom is 0.283 e. The fraction of sp³-hybridized carbons (Fsp3) is 0.400. The molecule has 1 aromatic rings. The third-order valence-electron chi connectivity index (χ3n) is 2.17. The predicted molar refractivity (Wildman–Crippen MR) is 66.2 cm³/mol. The van der Waals surface area contributed by atoms with Crippen molar-refractivity contribution in [1.82, 2.24) is 4.90 Å². The fourth-order valence-electron chi connectivity index (χ4n) is 1.41. The van der Waals surface area contributed by atoms with Crippen molar-refractivity contribution in [2.75, 3.05) is 20.1 Å². The van der Waals surface area contributed by atoms with Gasteiger partial charge < -0.3 is 10.6 Å². The van der Waals surface area contributed by atoms with Gasteiger partial charge in [0.1, 0.15) is 0 Å². The summed E-state index contributed by atoms with van der Waals surface area (Å²) in [5, 5.41) is 10.7. The first kappa shape index (κ1) is 13.1. The van der Waals surface area contributed by atoms with E-state index in [-0.39, 0.29) is 5.69 Å². The Morgan fingerprint density at radius 3 is 2.81 bits per heavy atom. The second kappa shape index (κ2) is 5.93. The van der Waals surface area contributed by atoms with Gasteiger partial charge in [-0.2, -0.15) is 0 Å². The highest BCUT2D eigenvalue weighted by atomic mass is 79.9. The van der Waals surface area contributed by atoms with E-state index in [4.69, 9.17) is 5.73 Å². The topological polar surface area (TPSA) is 72.4 Å². The molecule has 2 N–H and O–H groups in total. The van der Waals surface area contributed by atoms with E-state index in [0.29, 0.717) is 17.6 Å². The van der Waals surface area contributed by atoms with Crippen LogP contribution in [0.1, 0.15) is 5.56 Å². The first-order valence-corrected chi connectivity index (χ1v) is 5.65. The molecule has 0 amide bonds. The van der Waals surface area contributed by atoms with E-state index in [2.05, 4.69) is 15.9 Å². The molecule has 0 saturated carbocycles. The van der Waals surface area contributed by atoms with Crippen LogP contribution < -0.4 is 5.73 Å². The highest BCUT2D eigenvalue weighted by molar-refractivity contribution is 9.10.